The van der Waals surface area contributed by atoms with Crippen molar-refractivity contribution < 1.29 is 0 Å². The SMILES string of the molecule is CCSC1=NCN(C(C)C)C=N1. The predicted octanol–water partition coefficient (Wildman–Crippen LogP) is 1.81. The Labute approximate surface area is 78.0 Å². The summed E-state index contributed by atoms with van der Waals surface area (Å²) in [6.07, 6.45) is 1.88. The van der Waals surface area contributed by atoms with Gasteiger partial charge in [0.1, 0.15) is 6.67 Å². The average molecular weight is 185 g/mol. The zero-order valence-electron chi connectivity index (χ0n) is 7.82. The molecular formula is C8H15N3S. The molecule has 3 nitrogen and oxygen atoms in total. The van der Waals surface area contributed by atoms with E-state index in [4.69, 9.17) is 0 Å². The normalized spacial score (nSPS) is 17.0. The van der Waals surface area contributed by atoms with Crippen molar-refractivity contribution in [2.45, 2.75) is 26.8 Å². The third kappa shape index (κ3) is 2.52. The first kappa shape index (κ1) is 9.58. The minimum atomic E-state index is 0.491. The lowest BCUT2D eigenvalue weighted by atomic mass is 10.4. The molecule has 0 atom stereocenters. The van der Waals surface area contributed by atoms with Crippen molar-refractivity contribution in [1.29, 1.82) is 0 Å². The first-order valence-corrected chi connectivity index (χ1v) is 5.19. The predicted molar refractivity (Wildman–Crippen MR) is 55.9 cm³/mol. The summed E-state index contributed by atoms with van der Waals surface area (Å²) in [5, 5.41) is 0.911. The summed E-state index contributed by atoms with van der Waals surface area (Å²) in [4.78, 5) is 10.7. The highest BCUT2D eigenvalue weighted by molar-refractivity contribution is 8.13. The number of nitrogens with zero attached hydrogens (tertiary/aromatic N) is 3. The maximum atomic E-state index is 4.33. The van der Waals surface area contributed by atoms with Crippen LogP contribution >= 0.6 is 11.8 Å². The van der Waals surface area contributed by atoms with Crippen LogP contribution in [0.15, 0.2) is 9.98 Å². The highest BCUT2D eigenvalue weighted by atomic mass is 32.2. The van der Waals surface area contributed by atoms with E-state index in [-0.39, 0.29) is 0 Å². The Kier molecular flexibility index (Phi) is 3.59. The summed E-state index contributed by atoms with van der Waals surface area (Å²) in [6.45, 7) is 7.14. The summed E-state index contributed by atoms with van der Waals surface area (Å²) in [5.41, 5.74) is 0. The molecule has 12 heavy (non-hydrogen) atoms. The number of aliphatic imine (C=N–C) groups is 2. The molecule has 1 aliphatic heterocycles. The van der Waals surface area contributed by atoms with Gasteiger partial charge in [0.25, 0.3) is 0 Å². The van der Waals surface area contributed by atoms with Crippen LogP contribution in [0.5, 0.6) is 0 Å². The molecule has 1 heterocycles. The van der Waals surface area contributed by atoms with E-state index in [0.717, 1.165) is 17.6 Å². The van der Waals surface area contributed by atoms with E-state index in [1.165, 1.54) is 0 Å². The number of hydrogen-bond donors (Lipinski definition) is 0. The molecule has 1 aliphatic rings. The van der Waals surface area contributed by atoms with Gasteiger partial charge in [-0.15, -0.1) is 0 Å². The lowest BCUT2D eigenvalue weighted by Gasteiger charge is -2.24. The second-order valence-corrected chi connectivity index (χ2v) is 4.10. The van der Waals surface area contributed by atoms with E-state index in [9.17, 15) is 0 Å². The van der Waals surface area contributed by atoms with E-state index >= 15 is 0 Å². The van der Waals surface area contributed by atoms with Gasteiger partial charge in [0.05, 0.1) is 6.34 Å². The van der Waals surface area contributed by atoms with Gasteiger partial charge in [-0.2, -0.15) is 0 Å². The van der Waals surface area contributed by atoms with Crippen molar-refractivity contribution >= 4 is 23.3 Å². The molecule has 0 aromatic heterocycles. The molecule has 0 saturated heterocycles. The van der Waals surface area contributed by atoms with Crippen molar-refractivity contribution in [3.05, 3.63) is 0 Å². The van der Waals surface area contributed by atoms with Crippen molar-refractivity contribution in [3.8, 4) is 0 Å². The van der Waals surface area contributed by atoms with Crippen LogP contribution in [-0.2, 0) is 0 Å². The van der Waals surface area contributed by atoms with Crippen molar-refractivity contribution in [2.24, 2.45) is 9.98 Å². The van der Waals surface area contributed by atoms with Gasteiger partial charge in [0.15, 0.2) is 5.17 Å². The lowest BCUT2D eigenvalue weighted by Crippen LogP contribution is -2.32. The van der Waals surface area contributed by atoms with Gasteiger partial charge in [-0.3, -0.25) is 0 Å². The quantitative estimate of drug-likeness (QED) is 0.656. The molecule has 0 fully saturated rings. The zero-order chi connectivity index (χ0) is 8.97. The Balaban J connectivity index is 2.44. The van der Waals surface area contributed by atoms with Crippen molar-refractivity contribution in [1.82, 2.24) is 4.90 Å². The van der Waals surface area contributed by atoms with Gasteiger partial charge in [0, 0.05) is 6.04 Å². The molecule has 0 N–H and O–H groups in total. The minimum Gasteiger partial charge on any atom is -0.340 e. The van der Waals surface area contributed by atoms with E-state index in [1.54, 1.807) is 11.8 Å². The van der Waals surface area contributed by atoms with E-state index < -0.39 is 0 Å². The maximum Gasteiger partial charge on any atom is 0.186 e. The maximum absolute atomic E-state index is 4.33. The van der Waals surface area contributed by atoms with E-state index in [2.05, 4.69) is 35.7 Å². The number of thioether (sulfide) groups is 1. The third-order valence-corrected chi connectivity index (χ3v) is 2.40. The fourth-order valence-corrected chi connectivity index (χ4v) is 1.38. The van der Waals surface area contributed by atoms with Crippen LogP contribution < -0.4 is 0 Å². The van der Waals surface area contributed by atoms with Gasteiger partial charge in [-0.05, 0) is 19.6 Å². The van der Waals surface area contributed by atoms with Crippen molar-refractivity contribution in [2.75, 3.05) is 12.4 Å². The molecule has 0 aromatic rings. The molecule has 0 bridgehead atoms. The van der Waals surface area contributed by atoms with Gasteiger partial charge >= 0.3 is 0 Å². The molecule has 0 saturated carbocycles. The van der Waals surface area contributed by atoms with E-state index in [1.807, 2.05) is 6.34 Å². The monoisotopic (exact) mass is 185 g/mol. The molecule has 0 amide bonds. The van der Waals surface area contributed by atoms with Crippen LogP contribution in [0.3, 0.4) is 0 Å². The Morgan fingerprint density at radius 2 is 2.42 bits per heavy atom. The summed E-state index contributed by atoms with van der Waals surface area (Å²) in [5.74, 6) is 1.04. The van der Waals surface area contributed by atoms with Crippen LogP contribution in [-0.4, -0.2) is 34.9 Å². The smallest absolute Gasteiger partial charge is 0.186 e. The van der Waals surface area contributed by atoms with Crippen LogP contribution in [0.4, 0.5) is 0 Å². The topological polar surface area (TPSA) is 28.0 Å². The Morgan fingerprint density at radius 3 is 2.83 bits per heavy atom. The van der Waals surface area contributed by atoms with Crippen LogP contribution in [0.25, 0.3) is 0 Å². The molecule has 1 rings (SSSR count). The molecule has 0 spiro atoms. The molecule has 68 valence electrons. The Bertz CT molecular complexity index is 198. The minimum absolute atomic E-state index is 0.491. The summed E-state index contributed by atoms with van der Waals surface area (Å²) in [7, 11) is 0. The highest BCUT2D eigenvalue weighted by Gasteiger charge is 2.08. The highest BCUT2D eigenvalue weighted by Crippen LogP contribution is 2.09. The largest absolute Gasteiger partial charge is 0.340 e. The van der Waals surface area contributed by atoms with Gasteiger partial charge in [-0.1, -0.05) is 18.7 Å². The second kappa shape index (κ2) is 4.50. The van der Waals surface area contributed by atoms with Gasteiger partial charge in [0.2, 0.25) is 0 Å². The molecule has 0 aliphatic carbocycles. The average Bonchev–Trinajstić information content (AvgIpc) is 2.06. The lowest BCUT2D eigenvalue weighted by molar-refractivity contribution is 0.368. The standard InChI is InChI=1S/C8H15N3S/c1-4-12-8-9-5-11(6-10-8)7(2)3/h5,7H,4,6H2,1-3H3. The molecule has 0 unspecified atom stereocenters. The molecule has 0 radical (unpaired) electrons. The van der Waals surface area contributed by atoms with Crippen LogP contribution in [0.2, 0.25) is 0 Å². The second-order valence-electron chi connectivity index (χ2n) is 2.87. The fraction of sp³-hybridized carbons (Fsp3) is 0.750. The Hall–Kier alpha value is -0.510. The van der Waals surface area contributed by atoms with Gasteiger partial charge < -0.3 is 4.90 Å². The fourth-order valence-electron chi connectivity index (χ4n) is 0.852. The van der Waals surface area contributed by atoms with E-state index in [0.29, 0.717) is 6.04 Å². The third-order valence-electron chi connectivity index (χ3n) is 1.62. The number of hydrogen-bond acceptors (Lipinski definition) is 4. The van der Waals surface area contributed by atoms with Crippen molar-refractivity contribution in [3.63, 3.8) is 0 Å². The number of amidine groups is 1. The summed E-state index contributed by atoms with van der Waals surface area (Å²) >= 11 is 1.69. The molecule has 0 aromatic carbocycles. The summed E-state index contributed by atoms with van der Waals surface area (Å²) in [6, 6.07) is 0.491. The molecule has 4 heteroatoms. The van der Waals surface area contributed by atoms with Crippen LogP contribution in [0.1, 0.15) is 20.8 Å². The van der Waals surface area contributed by atoms with Gasteiger partial charge in [-0.25, -0.2) is 9.98 Å². The number of rotatable bonds is 2. The zero-order valence-corrected chi connectivity index (χ0v) is 8.64. The first-order chi connectivity index (χ1) is 5.74. The molecular weight excluding hydrogens is 170 g/mol. The van der Waals surface area contributed by atoms with Crippen LogP contribution in [0, 0.1) is 0 Å². The summed E-state index contributed by atoms with van der Waals surface area (Å²) < 4.78 is 0. The first-order valence-electron chi connectivity index (χ1n) is 4.21. The Morgan fingerprint density at radius 1 is 1.67 bits per heavy atom.